The van der Waals surface area contributed by atoms with Crippen LogP contribution in [0.2, 0.25) is 0 Å². The molecule has 2 bridgehead atoms. The normalized spacial score (nSPS) is 39.8. The van der Waals surface area contributed by atoms with E-state index in [0.29, 0.717) is 11.8 Å². The topological polar surface area (TPSA) is 52.6 Å². The fourth-order valence-corrected chi connectivity index (χ4v) is 4.58. The number of rotatable bonds is 4. The first-order valence-electron chi connectivity index (χ1n) is 7.78. The Balaban J connectivity index is 1.78. The number of fused-ring (bicyclic) bond motifs is 1. The second-order valence-corrected chi connectivity index (χ2v) is 7.26. The van der Waals surface area contributed by atoms with E-state index in [2.05, 4.69) is 0 Å². The maximum Gasteiger partial charge on any atom is 0.310 e. The van der Waals surface area contributed by atoms with Gasteiger partial charge in [0.05, 0.1) is 11.8 Å². The summed E-state index contributed by atoms with van der Waals surface area (Å²) in [6.45, 7) is 7.78. The number of carbonyl (C=O) groups excluding carboxylic acids is 2. The van der Waals surface area contributed by atoms with Crippen LogP contribution in [0.3, 0.4) is 0 Å². The van der Waals surface area contributed by atoms with Crippen LogP contribution in [0, 0.1) is 29.6 Å². The largest absolute Gasteiger partial charge is 0.462 e. The van der Waals surface area contributed by atoms with Gasteiger partial charge >= 0.3 is 11.9 Å². The molecule has 6 unspecified atom stereocenters. The van der Waals surface area contributed by atoms with Crippen LogP contribution in [0.5, 0.6) is 0 Å². The van der Waals surface area contributed by atoms with Gasteiger partial charge in [0.1, 0.15) is 11.7 Å². The van der Waals surface area contributed by atoms with Crippen LogP contribution in [0.25, 0.3) is 0 Å². The fourth-order valence-electron chi connectivity index (χ4n) is 4.58. The van der Waals surface area contributed by atoms with Gasteiger partial charge in [0.15, 0.2) is 0 Å². The van der Waals surface area contributed by atoms with Gasteiger partial charge in [0.2, 0.25) is 0 Å². The first-order chi connectivity index (χ1) is 9.35. The van der Waals surface area contributed by atoms with Crippen molar-refractivity contribution in [1.29, 1.82) is 0 Å². The molecule has 20 heavy (non-hydrogen) atoms. The zero-order valence-corrected chi connectivity index (χ0v) is 12.7. The summed E-state index contributed by atoms with van der Waals surface area (Å²) in [7, 11) is 0. The van der Waals surface area contributed by atoms with Crippen molar-refractivity contribution in [3.05, 3.63) is 0 Å². The lowest BCUT2D eigenvalue weighted by Crippen LogP contribution is -2.45. The van der Waals surface area contributed by atoms with E-state index >= 15 is 0 Å². The molecule has 3 aliphatic rings. The van der Waals surface area contributed by atoms with Crippen molar-refractivity contribution in [3.63, 3.8) is 0 Å². The van der Waals surface area contributed by atoms with Crippen LogP contribution in [0.15, 0.2) is 0 Å². The standard InChI is InChI=1S/C16H24O4/c1-5-8(2)14(17)20-16(3,4)13-9-6-10-11(7-9)19-15(18)12(10)13/h8-13H,5-7H2,1-4H3. The first kappa shape index (κ1) is 13.9. The summed E-state index contributed by atoms with van der Waals surface area (Å²) in [5.41, 5.74) is -0.584. The Morgan fingerprint density at radius 2 is 2.15 bits per heavy atom. The third-order valence-electron chi connectivity index (χ3n) is 5.66. The van der Waals surface area contributed by atoms with Gasteiger partial charge in [0, 0.05) is 11.8 Å². The average Bonchev–Trinajstić information content (AvgIpc) is 2.97. The number of ether oxygens (including phenoxy) is 2. The Hall–Kier alpha value is -1.06. The summed E-state index contributed by atoms with van der Waals surface area (Å²) in [5, 5.41) is 0. The third-order valence-corrected chi connectivity index (χ3v) is 5.66. The van der Waals surface area contributed by atoms with Gasteiger partial charge in [-0.3, -0.25) is 9.59 Å². The molecular weight excluding hydrogens is 256 g/mol. The summed E-state index contributed by atoms with van der Waals surface area (Å²) in [4.78, 5) is 24.2. The zero-order valence-electron chi connectivity index (χ0n) is 12.7. The Kier molecular flexibility index (Phi) is 3.11. The SMILES string of the molecule is CCC(C)C(=O)OC(C)(C)C1C2CC3OC(=O)C1C3C2. The molecule has 0 aromatic rings. The van der Waals surface area contributed by atoms with Crippen molar-refractivity contribution in [2.24, 2.45) is 29.6 Å². The average molecular weight is 280 g/mol. The number of hydrogen-bond donors (Lipinski definition) is 0. The van der Waals surface area contributed by atoms with E-state index in [1.54, 1.807) is 0 Å². The van der Waals surface area contributed by atoms with Gasteiger partial charge in [-0.2, -0.15) is 0 Å². The lowest BCUT2D eigenvalue weighted by atomic mass is 9.71. The maximum atomic E-state index is 12.1. The molecule has 0 radical (unpaired) electrons. The lowest BCUT2D eigenvalue weighted by molar-refractivity contribution is -0.172. The van der Waals surface area contributed by atoms with Crippen LogP contribution in [0.4, 0.5) is 0 Å². The van der Waals surface area contributed by atoms with Gasteiger partial charge < -0.3 is 9.47 Å². The molecule has 4 heteroatoms. The van der Waals surface area contributed by atoms with Crippen molar-refractivity contribution >= 4 is 11.9 Å². The molecule has 0 spiro atoms. The summed E-state index contributed by atoms with van der Waals surface area (Å²) < 4.78 is 11.2. The first-order valence-corrected chi connectivity index (χ1v) is 7.78. The molecular formula is C16H24O4. The van der Waals surface area contributed by atoms with E-state index in [4.69, 9.17) is 9.47 Å². The maximum absolute atomic E-state index is 12.1. The predicted octanol–water partition coefficient (Wildman–Crippen LogP) is 2.55. The van der Waals surface area contributed by atoms with Crippen LogP contribution < -0.4 is 0 Å². The van der Waals surface area contributed by atoms with Gasteiger partial charge in [-0.1, -0.05) is 13.8 Å². The van der Waals surface area contributed by atoms with E-state index in [9.17, 15) is 9.59 Å². The Labute approximate surface area is 120 Å². The highest BCUT2D eigenvalue weighted by Crippen LogP contribution is 2.61. The molecule has 1 aliphatic heterocycles. The van der Waals surface area contributed by atoms with Crippen molar-refractivity contribution in [2.45, 2.75) is 58.7 Å². The molecule has 0 N–H and O–H groups in total. The van der Waals surface area contributed by atoms with E-state index < -0.39 is 5.60 Å². The third kappa shape index (κ3) is 1.87. The van der Waals surface area contributed by atoms with E-state index in [0.717, 1.165) is 19.3 Å². The highest BCUT2D eigenvalue weighted by atomic mass is 16.6. The van der Waals surface area contributed by atoms with Crippen molar-refractivity contribution in [3.8, 4) is 0 Å². The highest BCUT2D eigenvalue weighted by Gasteiger charge is 2.65. The van der Waals surface area contributed by atoms with Gasteiger partial charge in [-0.15, -0.1) is 0 Å². The minimum atomic E-state index is -0.584. The number of esters is 2. The zero-order chi connectivity index (χ0) is 14.7. The van der Waals surface area contributed by atoms with Gasteiger partial charge in [-0.25, -0.2) is 0 Å². The summed E-state index contributed by atoms with van der Waals surface area (Å²) in [5.74, 6) is 0.572. The minimum absolute atomic E-state index is 0.0570. The highest BCUT2D eigenvalue weighted by molar-refractivity contribution is 5.77. The second-order valence-electron chi connectivity index (χ2n) is 7.26. The quantitative estimate of drug-likeness (QED) is 0.743. The smallest absolute Gasteiger partial charge is 0.310 e. The van der Waals surface area contributed by atoms with E-state index in [1.807, 2.05) is 27.7 Å². The molecule has 112 valence electrons. The fraction of sp³-hybridized carbons (Fsp3) is 0.875. The molecule has 3 fully saturated rings. The molecule has 2 saturated carbocycles. The molecule has 0 aromatic carbocycles. The molecule has 2 aliphatic carbocycles. The molecule has 1 saturated heterocycles. The summed E-state index contributed by atoms with van der Waals surface area (Å²) >= 11 is 0. The Bertz CT molecular complexity index is 440. The molecule has 0 aromatic heterocycles. The Morgan fingerprint density at radius 1 is 1.45 bits per heavy atom. The Morgan fingerprint density at radius 3 is 2.80 bits per heavy atom. The van der Waals surface area contributed by atoms with Crippen LogP contribution in [-0.2, 0) is 19.1 Å². The molecule has 3 rings (SSSR count). The van der Waals surface area contributed by atoms with Crippen LogP contribution in [-0.4, -0.2) is 23.6 Å². The second kappa shape index (κ2) is 4.47. The van der Waals surface area contributed by atoms with Crippen molar-refractivity contribution in [2.75, 3.05) is 0 Å². The van der Waals surface area contributed by atoms with Crippen LogP contribution in [0.1, 0.15) is 47.0 Å². The molecule has 0 amide bonds. The monoisotopic (exact) mass is 280 g/mol. The van der Waals surface area contributed by atoms with Gasteiger partial charge in [0.25, 0.3) is 0 Å². The summed E-state index contributed by atoms with van der Waals surface area (Å²) in [6.07, 6.45) is 2.91. The van der Waals surface area contributed by atoms with Crippen molar-refractivity contribution in [1.82, 2.24) is 0 Å². The van der Waals surface area contributed by atoms with E-state index in [1.165, 1.54) is 0 Å². The van der Waals surface area contributed by atoms with Crippen LogP contribution >= 0.6 is 0 Å². The molecule has 1 heterocycles. The van der Waals surface area contributed by atoms with Gasteiger partial charge in [-0.05, 0) is 39.0 Å². The van der Waals surface area contributed by atoms with E-state index in [-0.39, 0.29) is 35.8 Å². The minimum Gasteiger partial charge on any atom is -0.462 e. The number of carbonyl (C=O) groups is 2. The molecule has 4 nitrogen and oxygen atoms in total. The van der Waals surface area contributed by atoms with Crippen molar-refractivity contribution < 1.29 is 19.1 Å². The summed E-state index contributed by atoms with van der Waals surface area (Å²) in [6, 6.07) is 0. The number of hydrogen-bond acceptors (Lipinski definition) is 4. The predicted molar refractivity (Wildman–Crippen MR) is 72.7 cm³/mol. The molecule has 6 atom stereocenters. The lowest BCUT2D eigenvalue weighted by Gasteiger charge is -2.38.